The summed E-state index contributed by atoms with van der Waals surface area (Å²) in [4.78, 5) is 64.5. The van der Waals surface area contributed by atoms with E-state index in [4.69, 9.17) is 47.4 Å². The molecule has 0 unspecified atom stereocenters. The Morgan fingerprint density at radius 3 is 1.06 bits per heavy atom. The van der Waals surface area contributed by atoms with Gasteiger partial charge in [0.2, 0.25) is 0 Å². The molecule has 0 N–H and O–H groups in total. The number of aldehydes is 2. The maximum atomic E-state index is 13.6. The van der Waals surface area contributed by atoms with E-state index in [1.165, 1.54) is 86.2 Å². The molecule has 3 aromatic carbocycles. The van der Waals surface area contributed by atoms with Crippen molar-refractivity contribution in [1.29, 1.82) is 0 Å². The minimum atomic E-state index is -1.38. The van der Waals surface area contributed by atoms with Gasteiger partial charge in [-0.05, 0) is 18.6 Å². The van der Waals surface area contributed by atoms with Crippen molar-refractivity contribution in [3.63, 3.8) is 0 Å². The van der Waals surface area contributed by atoms with Crippen molar-refractivity contribution >= 4 is 30.5 Å². The Morgan fingerprint density at radius 1 is 0.490 bits per heavy atom. The van der Waals surface area contributed by atoms with Crippen LogP contribution in [0.5, 0.6) is 40.2 Å². The summed E-state index contributed by atoms with van der Waals surface area (Å²) in [7, 11) is 9.51. The lowest BCUT2D eigenvalue weighted by molar-refractivity contribution is -0.0384. The topological polar surface area (TPSA) is 178 Å². The maximum absolute atomic E-state index is 13.6. The van der Waals surface area contributed by atoms with E-state index in [0.717, 1.165) is 0 Å². The lowest BCUT2D eigenvalue weighted by Gasteiger charge is -2.31. The molecular formula is C36H40O15. The van der Waals surface area contributed by atoms with Crippen LogP contribution in [0, 0.1) is 5.41 Å². The van der Waals surface area contributed by atoms with Crippen LogP contribution in [0.2, 0.25) is 0 Å². The molecule has 0 bridgehead atoms. The number of esters is 3. The summed E-state index contributed by atoms with van der Waals surface area (Å²) in [5, 5.41) is 0. The van der Waals surface area contributed by atoms with E-state index in [1.54, 1.807) is 6.92 Å². The third-order valence-electron chi connectivity index (χ3n) is 7.98. The fraction of sp³-hybridized carbons (Fsp3) is 0.361. The van der Waals surface area contributed by atoms with Crippen LogP contribution < -0.4 is 33.2 Å². The van der Waals surface area contributed by atoms with Gasteiger partial charge in [-0.15, -0.1) is 0 Å². The molecule has 15 heteroatoms. The predicted octanol–water partition coefficient (Wildman–Crippen LogP) is 4.64. The largest absolute Gasteiger partial charge is 0.497 e. The number of benzene rings is 3. The fourth-order valence-electron chi connectivity index (χ4n) is 4.91. The number of hydrogen-bond acceptors (Lipinski definition) is 15. The second-order valence-electron chi connectivity index (χ2n) is 10.8. The fourth-order valence-corrected chi connectivity index (χ4v) is 4.91. The van der Waals surface area contributed by atoms with Crippen molar-refractivity contribution in [2.45, 2.75) is 13.3 Å². The number of carbonyl (C=O) groups excluding carboxylic acids is 5. The van der Waals surface area contributed by atoms with Gasteiger partial charge < -0.3 is 47.4 Å². The molecule has 3 rings (SSSR count). The van der Waals surface area contributed by atoms with Gasteiger partial charge in [-0.3, -0.25) is 9.59 Å². The Hall–Kier alpha value is -5.99. The highest BCUT2D eigenvalue weighted by Gasteiger charge is 2.37. The molecule has 15 nitrogen and oxygen atoms in total. The van der Waals surface area contributed by atoms with Gasteiger partial charge in [0.05, 0.1) is 55.2 Å². The zero-order chi connectivity index (χ0) is 37.7. The second kappa shape index (κ2) is 18.1. The summed E-state index contributed by atoms with van der Waals surface area (Å²) in [5.74, 6) is -1.69. The quantitative estimate of drug-likeness (QED) is 0.0953. The molecule has 3 aromatic rings. The zero-order valence-electron chi connectivity index (χ0n) is 29.6. The van der Waals surface area contributed by atoms with Crippen LogP contribution >= 0.6 is 0 Å². The van der Waals surface area contributed by atoms with Gasteiger partial charge in [-0.25, -0.2) is 14.4 Å². The van der Waals surface area contributed by atoms with E-state index < -0.39 is 43.1 Å². The van der Waals surface area contributed by atoms with Crippen LogP contribution in [0.25, 0.3) is 0 Å². The number of rotatable bonds is 19. The molecular weight excluding hydrogens is 672 g/mol. The Balaban J connectivity index is 2.02. The Labute approximate surface area is 294 Å². The Bertz CT molecular complexity index is 1640. The predicted molar refractivity (Wildman–Crippen MR) is 180 cm³/mol. The minimum Gasteiger partial charge on any atom is -0.497 e. The first-order valence-electron chi connectivity index (χ1n) is 15.3. The SMILES string of the molecule is CCC(COC(=O)c1c(C=O)cc(OC)cc1OC)(COC(=O)c1c(C=O)cc(OC)cc1OC)COC(=O)c1c(OC)cc(OC)cc1OC. The zero-order valence-corrected chi connectivity index (χ0v) is 29.6. The molecule has 0 saturated carbocycles. The molecule has 0 amide bonds. The van der Waals surface area contributed by atoms with Crippen LogP contribution in [0.15, 0.2) is 36.4 Å². The van der Waals surface area contributed by atoms with Crippen molar-refractivity contribution in [3.8, 4) is 40.2 Å². The average Bonchev–Trinajstić information content (AvgIpc) is 3.18. The van der Waals surface area contributed by atoms with Gasteiger partial charge in [0.25, 0.3) is 0 Å². The van der Waals surface area contributed by atoms with Gasteiger partial charge in [-0.1, -0.05) is 6.92 Å². The molecule has 0 aromatic heterocycles. The number of methoxy groups -OCH3 is 7. The summed E-state index contributed by atoms with van der Waals surface area (Å²) < 4.78 is 54.2. The molecule has 0 atom stereocenters. The summed E-state index contributed by atoms with van der Waals surface area (Å²) in [5.41, 5.74) is -1.93. The van der Waals surface area contributed by atoms with E-state index in [0.29, 0.717) is 18.3 Å². The molecule has 0 fully saturated rings. The molecule has 0 aliphatic rings. The average molecular weight is 713 g/mol. The molecule has 0 radical (unpaired) electrons. The van der Waals surface area contributed by atoms with Gasteiger partial charge >= 0.3 is 17.9 Å². The summed E-state index contributed by atoms with van der Waals surface area (Å²) in [6, 6.07) is 8.42. The van der Waals surface area contributed by atoms with Crippen LogP contribution in [-0.2, 0) is 14.2 Å². The first kappa shape index (κ1) is 39.4. The molecule has 0 aliphatic heterocycles. The van der Waals surface area contributed by atoms with Gasteiger partial charge in [0, 0.05) is 35.4 Å². The van der Waals surface area contributed by atoms with Crippen molar-refractivity contribution in [1.82, 2.24) is 0 Å². The lowest BCUT2D eigenvalue weighted by atomic mass is 9.87. The highest BCUT2D eigenvalue weighted by molar-refractivity contribution is 6.02. The van der Waals surface area contributed by atoms with E-state index in [-0.39, 0.29) is 68.7 Å². The molecule has 0 aliphatic carbocycles. The molecule has 0 saturated heterocycles. The van der Waals surface area contributed by atoms with E-state index in [2.05, 4.69) is 0 Å². The maximum Gasteiger partial charge on any atom is 0.345 e. The van der Waals surface area contributed by atoms with E-state index in [9.17, 15) is 24.0 Å². The third kappa shape index (κ3) is 8.98. The Morgan fingerprint density at radius 2 is 0.784 bits per heavy atom. The summed E-state index contributed by atoms with van der Waals surface area (Å²) >= 11 is 0. The van der Waals surface area contributed by atoms with Crippen molar-refractivity contribution < 1.29 is 71.3 Å². The summed E-state index contributed by atoms with van der Waals surface area (Å²) in [6.45, 7) is 0.280. The third-order valence-corrected chi connectivity index (χ3v) is 7.98. The number of ether oxygens (including phenoxy) is 10. The molecule has 0 spiro atoms. The van der Waals surface area contributed by atoms with E-state index in [1.807, 2.05) is 0 Å². The van der Waals surface area contributed by atoms with E-state index >= 15 is 0 Å². The van der Waals surface area contributed by atoms with Crippen molar-refractivity contribution in [2.24, 2.45) is 5.41 Å². The monoisotopic (exact) mass is 712 g/mol. The van der Waals surface area contributed by atoms with Gasteiger partial charge in [0.1, 0.15) is 76.8 Å². The Kier molecular flexibility index (Phi) is 14.0. The van der Waals surface area contributed by atoms with Crippen LogP contribution in [0.3, 0.4) is 0 Å². The smallest absolute Gasteiger partial charge is 0.345 e. The minimum absolute atomic E-state index is 0.00749. The highest BCUT2D eigenvalue weighted by atomic mass is 16.6. The van der Waals surface area contributed by atoms with Crippen LogP contribution in [-0.4, -0.2) is 100 Å². The standard InChI is InChI=1S/C36H40O15/c1-9-36(18-49-33(39)30-21(16-37)10-23(42-2)12-26(30)45-5,19-50-34(40)31-22(17-38)11-24(43-3)13-27(31)46-6)20-51-35(41)32-28(47-7)14-25(44-4)15-29(32)48-8/h10-17H,9,18-20H2,1-8H3. The van der Waals surface area contributed by atoms with Crippen molar-refractivity contribution in [2.75, 3.05) is 69.6 Å². The van der Waals surface area contributed by atoms with Gasteiger partial charge in [-0.2, -0.15) is 0 Å². The second-order valence-corrected chi connectivity index (χ2v) is 10.8. The highest BCUT2D eigenvalue weighted by Crippen LogP contribution is 2.36. The van der Waals surface area contributed by atoms with Crippen LogP contribution in [0.4, 0.5) is 0 Å². The van der Waals surface area contributed by atoms with Gasteiger partial charge in [0.15, 0.2) is 12.6 Å². The first-order valence-corrected chi connectivity index (χ1v) is 15.3. The first-order chi connectivity index (χ1) is 24.5. The normalized spacial score (nSPS) is 10.7. The van der Waals surface area contributed by atoms with Crippen molar-refractivity contribution in [3.05, 3.63) is 64.2 Å². The molecule has 0 heterocycles. The number of carbonyl (C=O) groups is 5. The summed E-state index contributed by atoms with van der Waals surface area (Å²) in [6.07, 6.45) is 1.01. The molecule has 274 valence electrons. The lowest BCUT2D eigenvalue weighted by Crippen LogP contribution is -2.39. The molecule has 51 heavy (non-hydrogen) atoms. The van der Waals surface area contributed by atoms with Crippen LogP contribution in [0.1, 0.15) is 65.1 Å². The number of hydrogen-bond donors (Lipinski definition) is 0.